The van der Waals surface area contributed by atoms with Crippen LogP contribution in [0, 0.1) is 5.95 Å². The van der Waals surface area contributed by atoms with E-state index in [1.807, 2.05) is 53.4 Å². The molecule has 1 fully saturated rings. The van der Waals surface area contributed by atoms with Crippen molar-refractivity contribution in [1.29, 1.82) is 0 Å². The van der Waals surface area contributed by atoms with E-state index in [-0.39, 0.29) is 19.0 Å². The number of rotatable bonds is 7. The highest BCUT2D eigenvalue weighted by molar-refractivity contribution is 5.77. The maximum Gasteiger partial charge on any atom is 0.260 e. The summed E-state index contributed by atoms with van der Waals surface area (Å²) in [6.07, 6.45) is 1.51. The third-order valence-electron chi connectivity index (χ3n) is 5.27. The summed E-state index contributed by atoms with van der Waals surface area (Å²) in [6.45, 7) is 2.93. The number of anilines is 2. The molecule has 0 unspecified atom stereocenters. The molecule has 8 heteroatoms. The number of amides is 1. The average Bonchev–Trinajstić information content (AvgIpc) is 2.82. The zero-order valence-electron chi connectivity index (χ0n) is 17.6. The van der Waals surface area contributed by atoms with Gasteiger partial charge >= 0.3 is 0 Å². The summed E-state index contributed by atoms with van der Waals surface area (Å²) in [5.74, 6) is -0.827. The van der Waals surface area contributed by atoms with E-state index in [4.69, 9.17) is 4.74 Å². The van der Waals surface area contributed by atoms with Gasteiger partial charge in [0.15, 0.2) is 0 Å². The molecule has 1 aliphatic rings. The van der Waals surface area contributed by atoms with Crippen LogP contribution in [0.15, 0.2) is 66.9 Å². The smallest absolute Gasteiger partial charge is 0.260 e. The number of halogens is 1. The van der Waals surface area contributed by atoms with Crippen molar-refractivity contribution in [3.8, 4) is 11.1 Å². The van der Waals surface area contributed by atoms with Crippen molar-refractivity contribution in [2.24, 2.45) is 0 Å². The highest BCUT2D eigenvalue weighted by Crippen LogP contribution is 2.23. The topological polar surface area (TPSA) is 77.9 Å². The fourth-order valence-corrected chi connectivity index (χ4v) is 3.45. The minimum absolute atomic E-state index is 0.129. The van der Waals surface area contributed by atoms with Crippen molar-refractivity contribution in [1.82, 2.24) is 14.9 Å². The summed E-state index contributed by atoms with van der Waals surface area (Å²) in [7, 11) is 0. The van der Waals surface area contributed by atoms with Crippen LogP contribution in [0.5, 0.6) is 0 Å². The Kier molecular flexibility index (Phi) is 7.06. The van der Waals surface area contributed by atoms with E-state index < -0.39 is 5.95 Å². The van der Waals surface area contributed by atoms with Crippen LogP contribution in [0.1, 0.15) is 5.56 Å². The Labute approximate surface area is 186 Å². The van der Waals surface area contributed by atoms with Crippen LogP contribution in [0.4, 0.5) is 15.8 Å². The maximum absolute atomic E-state index is 13.0. The molecule has 1 saturated heterocycles. The van der Waals surface area contributed by atoms with E-state index in [9.17, 15) is 14.4 Å². The number of benzene rings is 2. The Morgan fingerprint density at radius 2 is 1.62 bits per heavy atom. The summed E-state index contributed by atoms with van der Waals surface area (Å²) in [4.78, 5) is 17.9. The molecular formula is C24H25FN4O3. The predicted molar refractivity (Wildman–Crippen MR) is 119 cm³/mol. The number of hydroxylamine groups is 2. The molecule has 0 bridgehead atoms. The molecule has 0 radical (unpaired) electrons. The monoisotopic (exact) mass is 436 g/mol. The molecule has 32 heavy (non-hydrogen) atoms. The second-order valence-corrected chi connectivity index (χ2v) is 7.61. The molecule has 1 amide bonds. The van der Waals surface area contributed by atoms with E-state index in [1.54, 1.807) is 6.07 Å². The maximum atomic E-state index is 13.0. The van der Waals surface area contributed by atoms with Gasteiger partial charge in [0.05, 0.1) is 26.3 Å². The first-order valence-electron chi connectivity index (χ1n) is 10.4. The number of pyridine rings is 1. The van der Waals surface area contributed by atoms with Gasteiger partial charge in [-0.25, -0.2) is 10.0 Å². The van der Waals surface area contributed by atoms with Crippen molar-refractivity contribution in [2.75, 3.05) is 38.2 Å². The van der Waals surface area contributed by atoms with Crippen LogP contribution in [0.3, 0.4) is 0 Å². The molecule has 2 aromatic carbocycles. The van der Waals surface area contributed by atoms with E-state index in [1.165, 1.54) is 12.3 Å². The SMILES string of the molecule is O=C(CN1CCOCC1)N(O)Cc1ccc(Nc2ccc(-c3ccc(F)nc3)cc2)cc1. The number of carbonyl (C=O) groups is 1. The largest absolute Gasteiger partial charge is 0.379 e. The molecule has 0 atom stereocenters. The van der Waals surface area contributed by atoms with Crippen LogP contribution in [-0.2, 0) is 16.1 Å². The van der Waals surface area contributed by atoms with Crippen LogP contribution in [0.2, 0.25) is 0 Å². The minimum atomic E-state index is -0.499. The minimum Gasteiger partial charge on any atom is -0.379 e. The summed E-state index contributed by atoms with van der Waals surface area (Å²) < 4.78 is 18.3. The fraction of sp³-hybridized carbons (Fsp3) is 0.250. The second kappa shape index (κ2) is 10.3. The second-order valence-electron chi connectivity index (χ2n) is 7.61. The number of aromatic nitrogens is 1. The zero-order valence-corrected chi connectivity index (χ0v) is 17.6. The number of morpholine rings is 1. The normalized spacial score (nSPS) is 14.2. The lowest BCUT2D eigenvalue weighted by Crippen LogP contribution is -2.43. The van der Waals surface area contributed by atoms with Crippen molar-refractivity contribution < 1.29 is 19.1 Å². The Hall–Kier alpha value is -3.33. The first kappa shape index (κ1) is 21.9. The molecular weight excluding hydrogens is 411 g/mol. The zero-order chi connectivity index (χ0) is 22.3. The Bertz CT molecular complexity index is 1020. The van der Waals surface area contributed by atoms with Gasteiger partial charge in [-0.05, 0) is 47.5 Å². The van der Waals surface area contributed by atoms with Gasteiger partial charge < -0.3 is 10.1 Å². The standard InChI is InChI=1S/C24H25FN4O3/c25-23-10-5-20(15-26-23)19-3-8-22(9-4-19)27-21-6-1-18(2-7-21)16-29(31)24(30)17-28-11-13-32-14-12-28/h1-10,15,27,31H,11-14,16-17H2. The Morgan fingerprint density at radius 1 is 1.00 bits per heavy atom. The first-order valence-corrected chi connectivity index (χ1v) is 10.4. The average molecular weight is 436 g/mol. The number of nitrogens with one attached hydrogen (secondary N) is 1. The molecule has 0 aliphatic carbocycles. The van der Waals surface area contributed by atoms with E-state index >= 15 is 0 Å². The molecule has 166 valence electrons. The van der Waals surface area contributed by atoms with Crippen LogP contribution < -0.4 is 5.32 Å². The third-order valence-corrected chi connectivity index (χ3v) is 5.27. The summed E-state index contributed by atoms with van der Waals surface area (Å²) in [5.41, 5.74) is 4.41. The molecule has 0 spiro atoms. The quantitative estimate of drug-likeness (QED) is 0.334. The van der Waals surface area contributed by atoms with Gasteiger partial charge in [0.1, 0.15) is 0 Å². The third kappa shape index (κ3) is 5.88. The molecule has 0 saturated carbocycles. The Morgan fingerprint density at radius 3 is 2.25 bits per heavy atom. The summed E-state index contributed by atoms with van der Waals surface area (Å²) in [5, 5.41) is 14.2. The van der Waals surface area contributed by atoms with Crippen molar-refractivity contribution in [2.45, 2.75) is 6.54 Å². The van der Waals surface area contributed by atoms with E-state index in [0.717, 1.165) is 33.1 Å². The van der Waals surface area contributed by atoms with E-state index in [2.05, 4.69) is 10.3 Å². The van der Waals surface area contributed by atoms with Gasteiger partial charge in [-0.2, -0.15) is 4.39 Å². The number of ether oxygens (including phenoxy) is 1. The molecule has 7 nitrogen and oxygen atoms in total. The lowest BCUT2D eigenvalue weighted by atomic mass is 10.1. The molecule has 3 aromatic rings. The van der Waals surface area contributed by atoms with Crippen molar-refractivity contribution in [3.05, 3.63) is 78.4 Å². The lowest BCUT2D eigenvalue weighted by Gasteiger charge is -2.27. The van der Waals surface area contributed by atoms with Crippen molar-refractivity contribution >= 4 is 17.3 Å². The summed E-state index contributed by atoms with van der Waals surface area (Å²) in [6, 6.07) is 18.3. The van der Waals surface area contributed by atoms with Crippen LogP contribution in [0.25, 0.3) is 11.1 Å². The van der Waals surface area contributed by atoms with Crippen LogP contribution >= 0.6 is 0 Å². The molecule has 1 aromatic heterocycles. The predicted octanol–water partition coefficient (Wildman–Crippen LogP) is 3.68. The number of hydrogen-bond donors (Lipinski definition) is 2. The number of nitrogens with zero attached hydrogens (tertiary/aromatic N) is 3. The number of hydrogen-bond acceptors (Lipinski definition) is 6. The number of carbonyl (C=O) groups excluding carboxylic acids is 1. The first-order chi connectivity index (χ1) is 15.6. The van der Waals surface area contributed by atoms with Gasteiger partial charge in [-0.3, -0.25) is 14.9 Å². The van der Waals surface area contributed by atoms with Gasteiger partial charge in [-0.1, -0.05) is 24.3 Å². The molecule has 4 rings (SSSR count). The molecule has 2 N–H and O–H groups in total. The van der Waals surface area contributed by atoms with Gasteiger partial charge in [0, 0.05) is 36.2 Å². The Balaban J connectivity index is 1.30. The summed E-state index contributed by atoms with van der Waals surface area (Å²) >= 11 is 0. The fourth-order valence-electron chi connectivity index (χ4n) is 3.45. The van der Waals surface area contributed by atoms with Gasteiger partial charge in [0.2, 0.25) is 5.95 Å². The molecule has 1 aliphatic heterocycles. The van der Waals surface area contributed by atoms with E-state index in [0.29, 0.717) is 26.3 Å². The lowest BCUT2D eigenvalue weighted by molar-refractivity contribution is -0.170. The van der Waals surface area contributed by atoms with Crippen molar-refractivity contribution in [3.63, 3.8) is 0 Å². The highest BCUT2D eigenvalue weighted by Gasteiger charge is 2.18. The highest BCUT2D eigenvalue weighted by atomic mass is 19.1. The van der Waals surface area contributed by atoms with Gasteiger partial charge in [0.25, 0.3) is 5.91 Å². The van der Waals surface area contributed by atoms with Gasteiger partial charge in [-0.15, -0.1) is 0 Å². The van der Waals surface area contributed by atoms with Crippen LogP contribution in [-0.4, -0.2) is 58.9 Å². The molecule has 2 heterocycles.